The van der Waals surface area contributed by atoms with Crippen molar-refractivity contribution in [2.75, 3.05) is 31.1 Å². The molecule has 2 aromatic rings. The Morgan fingerprint density at radius 1 is 1.06 bits per heavy atom. The number of halogens is 1. The van der Waals surface area contributed by atoms with Crippen LogP contribution < -0.4 is 4.90 Å². The summed E-state index contributed by atoms with van der Waals surface area (Å²) in [5.74, 6) is 1.09. The zero-order chi connectivity index (χ0) is 22.4. The van der Waals surface area contributed by atoms with E-state index in [1.807, 2.05) is 43.9 Å². The van der Waals surface area contributed by atoms with Crippen molar-refractivity contribution >= 4 is 18.1 Å². The second kappa shape index (κ2) is 8.11. The number of nitrogens with zero attached hydrogens (tertiary/aromatic N) is 5. The first-order chi connectivity index (χ1) is 15.4. The third-order valence-electron chi connectivity index (χ3n) is 6.85. The Morgan fingerprint density at radius 2 is 1.75 bits per heavy atom. The number of aromatic nitrogens is 2. The largest absolute Gasteiger partial charge is 0.340 e. The van der Waals surface area contributed by atoms with Crippen LogP contribution in [0.1, 0.15) is 40.3 Å². The Balaban J connectivity index is 1.34. The van der Waals surface area contributed by atoms with Crippen molar-refractivity contribution in [3.05, 3.63) is 64.7 Å². The summed E-state index contributed by atoms with van der Waals surface area (Å²) in [7, 11) is 0. The minimum Gasteiger partial charge on any atom is -0.340 e. The SMILES string of the molecule is Cc1cc(C)nc(N2CC3CN(C(=O)c4cccc(F)c4C4N=CC=CC4C)CC3C2)n1. The average molecular weight is 434 g/mol. The van der Waals surface area contributed by atoms with Gasteiger partial charge in [0, 0.05) is 72.7 Å². The second-order valence-electron chi connectivity index (χ2n) is 9.27. The van der Waals surface area contributed by atoms with Crippen molar-refractivity contribution in [2.24, 2.45) is 22.7 Å². The van der Waals surface area contributed by atoms with Gasteiger partial charge in [-0.3, -0.25) is 9.79 Å². The Bertz CT molecular complexity index is 1080. The van der Waals surface area contributed by atoms with Gasteiger partial charge in [0.1, 0.15) is 5.82 Å². The number of rotatable bonds is 3. The lowest BCUT2D eigenvalue weighted by atomic mass is 9.89. The summed E-state index contributed by atoms with van der Waals surface area (Å²) in [6.45, 7) is 8.99. The standard InChI is InChI=1S/C25H28FN5O/c1-15-6-5-9-27-23(15)22-20(7-4-8-21(22)26)24(32)30-11-18-13-31(14-19(18)12-30)25-28-16(2)10-17(3)29-25/h4-10,15,18-19,23H,11-14H2,1-3H3. The maximum atomic E-state index is 14.9. The molecule has 1 amide bonds. The molecule has 3 aliphatic rings. The highest BCUT2D eigenvalue weighted by Gasteiger charge is 2.43. The number of likely N-dealkylation sites (tertiary alicyclic amines) is 1. The van der Waals surface area contributed by atoms with Crippen LogP contribution in [0.2, 0.25) is 0 Å². The molecule has 0 saturated carbocycles. The van der Waals surface area contributed by atoms with E-state index in [0.29, 0.717) is 36.1 Å². The van der Waals surface area contributed by atoms with E-state index in [9.17, 15) is 9.18 Å². The molecule has 5 rings (SSSR count). The van der Waals surface area contributed by atoms with Gasteiger partial charge in [0.05, 0.1) is 6.04 Å². The average Bonchev–Trinajstić information content (AvgIpc) is 3.33. The molecule has 32 heavy (non-hydrogen) atoms. The second-order valence-corrected chi connectivity index (χ2v) is 9.27. The lowest BCUT2D eigenvalue weighted by molar-refractivity contribution is 0.0780. The van der Waals surface area contributed by atoms with Crippen LogP contribution in [0.5, 0.6) is 0 Å². The quantitative estimate of drug-likeness (QED) is 0.740. The van der Waals surface area contributed by atoms with Crippen LogP contribution in [-0.4, -0.2) is 53.2 Å². The van der Waals surface area contributed by atoms with Crippen molar-refractivity contribution in [1.82, 2.24) is 14.9 Å². The summed E-state index contributed by atoms with van der Waals surface area (Å²) in [6.07, 6.45) is 5.56. The number of benzene rings is 1. The lowest BCUT2D eigenvalue weighted by Gasteiger charge is -2.26. The first-order valence-corrected chi connectivity index (χ1v) is 11.3. The molecular formula is C25H28FN5O. The van der Waals surface area contributed by atoms with Gasteiger partial charge in [-0.1, -0.05) is 19.1 Å². The van der Waals surface area contributed by atoms with E-state index in [1.54, 1.807) is 18.3 Å². The number of carbonyl (C=O) groups is 1. The molecule has 0 aliphatic carbocycles. The number of hydrogen-bond donors (Lipinski definition) is 0. The Kier molecular flexibility index (Phi) is 5.27. The minimum atomic E-state index is -0.376. The molecule has 0 bridgehead atoms. The van der Waals surface area contributed by atoms with Crippen molar-refractivity contribution in [3.8, 4) is 0 Å². The van der Waals surface area contributed by atoms with Crippen molar-refractivity contribution in [3.63, 3.8) is 0 Å². The molecule has 6 nitrogen and oxygen atoms in total. The van der Waals surface area contributed by atoms with Crippen molar-refractivity contribution in [1.29, 1.82) is 0 Å². The van der Waals surface area contributed by atoms with Crippen LogP contribution in [-0.2, 0) is 0 Å². The maximum Gasteiger partial charge on any atom is 0.254 e. The van der Waals surface area contributed by atoms with Crippen LogP contribution in [0, 0.1) is 37.4 Å². The molecule has 2 saturated heterocycles. The molecule has 0 N–H and O–H groups in total. The molecule has 4 heterocycles. The summed E-state index contributed by atoms with van der Waals surface area (Å²) in [6, 6.07) is 6.39. The van der Waals surface area contributed by atoms with Crippen LogP contribution in [0.4, 0.5) is 10.3 Å². The molecule has 4 atom stereocenters. The number of aliphatic imine (C=N–C) groups is 1. The fourth-order valence-corrected chi connectivity index (χ4v) is 5.31. The topological polar surface area (TPSA) is 61.7 Å². The monoisotopic (exact) mass is 433 g/mol. The fraction of sp³-hybridized carbons (Fsp3) is 0.440. The number of allylic oxidation sites excluding steroid dienone is 1. The smallest absolute Gasteiger partial charge is 0.254 e. The molecule has 4 unspecified atom stereocenters. The lowest BCUT2D eigenvalue weighted by Crippen LogP contribution is -2.34. The van der Waals surface area contributed by atoms with Crippen molar-refractivity contribution < 1.29 is 9.18 Å². The predicted octanol–water partition coefficient (Wildman–Crippen LogP) is 3.76. The van der Waals surface area contributed by atoms with Crippen LogP contribution in [0.3, 0.4) is 0 Å². The van der Waals surface area contributed by atoms with E-state index in [-0.39, 0.29) is 23.7 Å². The Hall–Kier alpha value is -3.09. The Labute approximate surface area is 187 Å². The number of amides is 1. The third-order valence-corrected chi connectivity index (χ3v) is 6.85. The number of fused-ring (bicyclic) bond motifs is 1. The van der Waals surface area contributed by atoms with Gasteiger partial charge in [-0.05, 0) is 38.1 Å². The van der Waals surface area contributed by atoms with E-state index >= 15 is 0 Å². The molecule has 166 valence electrons. The first-order valence-electron chi connectivity index (χ1n) is 11.3. The van der Waals surface area contributed by atoms with Gasteiger partial charge in [-0.15, -0.1) is 0 Å². The molecule has 1 aromatic carbocycles. The van der Waals surface area contributed by atoms with Gasteiger partial charge < -0.3 is 9.80 Å². The van der Waals surface area contributed by atoms with E-state index in [2.05, 4.69) is 19.9 Å². The number of aryl methyl sites for hydroxylation is 2. The van der Waals surface area contributed by atoms with Crippen LogP contribution in [0.25, 0.3) is 0 Å². The number of hydrogen-bond acceptors (Lipinski definition) is 5. The van der Waals surface area contributed by atoms with Gasteiger partial charge in [0.25, 0.3) is 5.91 Å². The third kappa shape index (κ3) is 3.70. The van der Waals surface area contributed by atoms with E-state index in [1.165, 1.54) is 6.07 Å². The minimum absolute atomic E-state index is 0.0350. The highest BCUT2D eigenvalue weighted by atomic mass is 19.1. The van der Waals surface area contributed by atoms with Gasteiger partial charge in [-0.2, -0.15) is 0 Å². The Morgan fingerprint density at radius 3 is 2.41 bits per heavy atom. The zero-order valence-corrected chi connectivity index (χ0v) is 18.7. The van der Waals surface area contributed by atoms with E-state index in [0.717, 1.165) is 30.4 Å². The summed E-state index contributed by atoms with van der Waals surface area (Å²) >= 11 is 0. The number of anilines is 1. The summed E-state index contributed by atoms with van der Waals surface area (Å²) in [5, 5.41) is 0. The normalized spacial score (nSPS) is 26.6. The molecular weight excluding hydrogens is 405 g/mol. The van der Waals surface area contributed by atoms with Gasteiger partial charge >= 0.3 is 0 Å². The van der Waals surface area contributed by atoms with Crippen LogP contribution in [0.15, 0.2) is 41.4 Å². The van der Waals surface area contributed by atoms with Crippen molar-refractivity contribution in [2.45, 2.75) is 26.8 Å². The highest BCUT2D eigenvalue weighted by Crippen LogP contribution is 2.37. The summed E-state index contributed by atoms with van der Waals surface area (Å²) in [5.41, 5.74) is 2.78. The van der Waals surface area contributed by atoms with E-state index in [4.69, 9.17) is 0 Å². The zero-order valence-electron chi connectivity index (χ0n) is 18.7. The predicted molar refractivity (Wildman–Crippen MR) is 123 cm³/mol. The number of carbonyl (C=O) groups excluding carboxylic acids is 1. The fourth-order valence-electron chi connectivity index (χ4n) is 5.31. The summed E-state index contributed by atoms with van der Waals surface area (Å²) < 4.78 is 14.9. The molecule has 1 aromatic heterocycles. The van der Waals surface area contributed by atoms with Gasteiger partial charge in [0.15, 0.2) is 0 Å². The number of dihydropyridines is 1. The van der Waals surface area contributed by atoms with Crippen LogP contribution >= 0.6 is 0 Å². The molecule has 2 fully saturated rings. The highest BCUT2D eigenvalue weighted by molar-refractivity contribution is 5.96. The summed E-state index contributed by atoms with van der Waals surface area (Å²) in [4.78, 5) is 31.3. The molecule has 3 aliphatic heterocycles. The van der Waals surface area contributed by atoms with Gasteiger partial charge in [-0.25, -0.2) is 14.4 Å². The molecule has 7 heteroatoms. The maximum absolute atomic E-state index is 14.9. The van der Waals surface area contributed by atoms with Gasteiger partial charge in [0.2, 0.25) is 5.95 Å². The first kappa shape index (κ1) is 20.8. The molecule has 0 radical (unpaired) electrons. The molecule has 0 spiro atoms. The van der Waals surface area contributed by atoms with E-state index < -0.39 is 0 Å².